The smallest absolute Gasteiger partial charge is 0.226 e. The number of fused-ring (bicyclic) bond motifs is 2. The third-order valence-electron chi connectivity index (χ3n) is 6.58. The Labute approximate surface area is 143 Å². The lowest BCUT2D eigenvalue weighted by molar-refractivity contribution is -0.134. The minimum absolute atomic E-state index is 0.324. The molecule has 4 aliphatic rings. The van der Waals surface area contributed by atoms with Crippen molar-refractivity contribution in [3.63, 3.8) is 0 Å². The maximum absolute atomic E-state index is 12.9. The van der Waals surface area contributed by atoms with Crippen molar-refractivity contribution in [2.45, 2.75) is 57.5 Å². The van der Waals surface area contributed by atoms with Crippen molar-refractivity contribution < 1.29 is 4.79 Å². The minimum Gasteiger partial charge on any atom is -0.338 e. The lowest BCUT2D eigenvalue weighted by Gasteiger charge is -2.29. The van der Waals surface area contributed by atoms with E-state index in [-0.39, 0.29) is 0 Å². The van der Waals surface area contributed by atoms with Gasteiger partial charge in [0.15, 0.2) is 0 Å². The predicted molar refractivity (Wildman–Crippen MR) is 90.1 cm³/mol. The number of aromatic nitrogens is 2. The molecule has 3 atom stereocenters. The van der Waals surface area contributed by atoms with Crippen LogP contribution in [0.5, 0.6) is 0 Å². The lowest BCUT2D eigenvalue weighted by atomic mass is 10.0. The average Bonchev–Trinajstić information content (AvgIpc) is 3.09. The van der Waals surface area contributed by atoms with E-state index in [1.165, 1.54) is 32.1 Å². The van der Waals surface area contributed by atoms with Crippen LogP contribution in [0.2, 0.25) is 0 Å². The van der Waals surface area contributed by atoms with E-state index in [4.69, 9.17) is 4.98 Å². The summed E-state index contributed by atoms with van der Waals surface area (Å²) in [6, 6.07) is 0.324. The third kappa shape index (κ3) is 2.44. The fourth-order valence-electron chi connectivity index (χ4n) is 5.16. The van der Waals surface area contributed by atoms with Gasteiger partial charge in [-0.1, -0.05) is 12.8 Å². The fourth-order valence-corrected chi connectivity index (χ4v) is 5.16. The molecule has 3 unspecified atom stereocenters. The van der Waals surface area contributed by atoms with Crippen LogP contribution in [0.15, 0.2) is 6.20 Å². The normalized spacial score (nSPS) is 34.6. The molecule has 2 aliphatic heterocycles. The molecule has 1 amide bonds. The Hall–Kier alpha value is -1.49. The Morgan fingerprint density at radius 3 is 2.75 bits per heavy atom. The van der Waals surface area contributed by atoms with Gasteiger partial charge in [0.2, 0.25) is 5.91 Å². The molecule has 0 bridgehead atoms. The van der Waals surface area contributed by atoms with E-state index in [0.29, 0.717) is 36.2 Å². The maximum Gasteiger partial charge on any atom is 0.226 e. The second-order valence-electron chi connectivity index (χ2n) is 8.00. The Kier molecular flexibility index (Phi) is 3.58. The molecule has 2 saturated carbocycles. The first-order valence-electron chi connectivity index (χ1n) is 9.68. The highest BCUT2D eigenvalue weighted by molar-refractivity contribution is 5.82. The summed E-state index contributed by atoms with van der Waals surface area (Å²) in [6.07, 6.45) is 10.4. The summed E-state index contributed by atoms with van der Waals surface area (Å²) in [7, 11) is 0. The zero-order valence-corrected chi connectivity index (χ0v) is 14.2. The highest BCUT2D eigenvalue weighted by Crippen LogP contribution is 2.56. The predicted octanol–water partition coefficient (Wildman–Crippen LogP) is 2.22. The molecule has 1 saturated heterocycles. The van der Waals surface area contributed by atoms with Crippen LogP contribution in [0.3, 0.4) is 0 Å². The van der Waals surface area contributed by atoms with Crippen LogP contribution >= 0.6 is 0 Å². The largest absolute Gasteiger partial charge is 0.338 e. The molecule has 1 N–H and O–H groups in total. The summed E-state index contributed by atoms with van der Waals surface area (Å²) in [4.78, 5) is 24.4. The average molecular weight is 326 g/mol. The van der Waals surface area contributed by atoms with Gasteiger partial charge in [-0.15, -0.1) is 0 Å². The van der Waals surface area contributed by atoms with E-state index in [1.807, 2.05) is 6.20 Å². The van der Waals surface area contributed by atoms with Crippen LogP contribution in [-0.2, 0) is 17.8 Å². The maximum atomic E-state index is 12.9. The zero-order valence-electron chi connectivity index (χ0n) is 14.2. The van der Waals surface area contributed by atoms with Gasteiger partial charge in [-0.25, -0.2) is 9.97 Å². The number of rotatable bonds is 2. The molecule has 5 nitrogen and oxygen atoms in total. The molecule has 128 valence electrons. The first kappa shape index (κ1) is 14.8. The SMILES string of the molecule is O=C(C1C2CCCCC21)N1CCc2nc(C3CCCN3)ncc2C1. The van der Waals surface area contributed by atoms with E-state index < -0.39 is 0 Å². The van der Waals surface area contributed by atoms with Crippen molar-refractivity contribution >= 4 is 5.91 Å². The first-order valence-corrected chi connectivity index (χ1v) is 9.68. The molecule has 1 aromatic rings. The molecule has 5 rings (SSSR count). The third-order valence-corrected chi connectivity index (χ3v) is 6.58. The summed E-state index contributed by atoms with van der Waals surface area (Å²) in [5.74, 6) is 3.06. The van der Waals surface area contributed by atoms with Crippen LogP contribution in [-0.4, -0.2) is 33.9 Å². The quantitative estimate of drug-likeness (QED) is 0.905. The summed E-state index contributed by atoms with van der Waals surface area (Å²) >= 11 is 0. The van der Waals surface area contributed by atoms with E-state index in [9.17, 15) is 4.79 Å². The van der Waals surface area contributed by atoms with Crippen molar-refractivity contribution in [2.24, 2.45) is 17.8 Å². The number of nitrogens with one attached hydrogen (secondary N) is 1. The lowest BCUT2D eigenvalue weighted by Crippen LogP contribution is -2.38. The van der Waals surface area contributed by atoms with Crippen LogP contribution in [0, 0.1) is 17.8 Å². The van der Waals surface area contributed by atoms with E-state index in [0.717, 1.165) is 43.0 Å². The Morgan fingerprint density at radius 1 is 1.17 bits per heavy atom. The molecule has 1 aromatic heterocycles. The number of hydrogen-bond donors (Lipinski definition) is 1. The summed E-state index contributed by atoms with van der Waals surface area (Å²) in [5, 5.41) is 3.47. The second-order valence-corrected chi connectivity index (χ2v) is 8.00. The van der Waals surface area contributed by atoms with Crippen molar-refractivity contribution in [1.29, 1.82) is 0 Å². The Balaban J connectivity index is 1.29. The first-order chi connectivity index (χ1) is 11.8. The summed E-state index contributed by atoms with van der Waals surface area (Å²) in [6.45, 7) is 2.61. The number of carbonyl (C=O) groups is 1. The standard InChI is InChI=1S/C19H26N4O/c24-19(17-13-4-1-2-5-14(13)17)23-9-7-15-12(11-23)10-21-18(22-15)16-6-3-8-20-16/h10,13-14,16-17,20H,1-9,11H2. The van der Waals surface area contributed by atoms with Gasteiger partial charge in [0.1, 0.15) is 5.82 Å². The van der Waals surface area contributed by atoms with Crippen molar-refractivity contribution in [2.75, 3.05) is 13.1 Å². The van der Waals surface area contributed by atoms with Gasteiger partial charge in [-0.3, -0.25) is 4.79 Å². The van der Waals surface area contributed by atoms with E-state index in [2.05, 4.69) is 15.2 Å². The van der Waals surface area contributed by atoms with Gasteiger partial charge in [0.25, 0.3) is 0 Å². The molecular weight excluding hydrogens is 300 g/mol. The zero-order chi connectivity index (χ0) is 16.1. The molecular formula is C19H26N4O. The van der Waals surface area contributed by atoms with Gasteiger partial charge >= 0.3 is 0 Å². The van der Waals surface area contributed by atoms with E-state index >= 15 is 0 Å². The molecule has 0 radical (unpaired) electrons. The highest BCUT2D eigenvalue weighted by Gasteiger charge is 2.55. The number of nitrogens with zero attached hydrogens (tertiary/aromatic N) is 3. The monoisotopic (exact) mass is 326 g/mol. The molecule has 3 heterocycles. The van der Waals surface area contributed by atoms with Crippen molar-refractivity contribution in [1.82, 2.24) is 20.2 Å². The number of hydrogen-bond acceptors (Lipinski definition) is 4. The summed E-state index contributed by atoms with van der Waals surface area (Å²) < 4.78 is 0. The van der Waals surface area contributed by atoms with Crippen LogP contribution < -0.4 is 5.32 Å². The number of carbonyl (C=O) groups excluding carboxylic acids is 1. The molecule has 24 heavy (non-hydrogen) atoms. The van der Waals surface area contributed by atoms with Gasteiger partial charge in [0.05, 0.1) is 11.7 Å². The van der Waals surface area contributed by atoms with E-state index in [1.54, 1.807) is 0 Å². The minimum atomic E-state index is 0.324. The number of amides is 1. The topological polar surface area (TPSA) is 58.1 Å². The van der Waals surface area contributed by atoms with Gasteiger partial charge in [-0.2, -0.15) is 0 Å². The van der Waals surface area contributed by atoms with Crippen LogP contribution in [0.25, 0.3) is 0 Å². The second kappa shape index (κ2) is 5.80. The van der Waals surface area contributed by atoms with Crippen molar-refractivity contribution in [3.05, 3.63) is 23.3 Å². The summed E-state index contributed by atoms with van der Waals surface area (Å²) in [5.41, 5.74) is 2.31. The van der Waals surface area contributed by atoms with Gasteiger partial charge in [-0.05, 0) is 44.1 Å². The molecule has 0 spiro atoms. The highest BCUT2D eigenvalue weighted by atomic mass is 16.2. The molecule has 5 heteroatoms. The van der Waals surface area contributed by atoms with Crippen LogP contribution in [0.1, 0.15) is 61.6 Å². The molecule has 0 aromatic carbocycles. The van der Waals surface area contributed by atoms with Crippen LogP contribution in [0.4, 0.5) is 0 Å². The van der Waals surface area contributed by atoms with Gasteiger partial charge in [0, 0.05) is 37.2 Å². The molecule has 3 fully saturated rings. The Morgan fingerprint density at radius 2 is 2.00 bits per heavy atom. The van der Waals surface area contributed by atoms with Gasteiger partial charge < -0.3 is 10.2 Å². The fraction of sp³-hybridized carbons (Fsp3) is 0.737. The Bertz CT molecular complexity index is 643. The molecule has 2 aliphatic carbocycles. The van der Waals surface area contributed by atoms with Crippen molar-refractivity contribution in [3.8, 4) is 0 Å².